The van der Waals surface area contributed by atoms with Crippen molar-refractivity contribution in [3.63, 3.8) is 0 Å². The van der Waals surface area contributed by atoms with Crippen LogP contribution in [0.4, 0.5) is 24.9 Å². The van der Waals surface area contributed by atoms with Gasteiger partial charge in [0.15, 0.2) is 17.3 Å². The van der Waals surface area contributed by atoms with Gasteiger partial charge in [0.2, 0.25) is 5.95 Å². The number of pyridine rings is 1. The monoisotopic (exact) mass is 563 g/mol. The molecule has 6 rings (SSSR count). The Morgan fingerprint density at radius 3 is 2.67 bits per heavy atom. The highest BCUT2D eigenvalue weighted by Gasteiger charge is 2.40. The standard InChI is InChI=1S/C24H28F3N9O4/c1-13-28-17-4-3-16(29-21(17)35(13)9-18(25)26)15-5-8-36-19(15)20(31-24(37,38)39)30-22(33-36)32-23(27)6-2-7-34(12-23)14-10-40-11-14/h3-5,8,14,18,37-39H,2,6-7,9-12H2,1H3,(H2,30,31,32,33). The molecule has 0 amide bonds. The van der Waals surface area contributed by atoms with Crippen LogP contribution in [0.1, 0.15) is 18.7 Å². The van der Waals surface area contributed by atoms with Crippen molar-refractivity contribution in [2.24, 2.45) is 0 Å². The zero-order chi connectivity index (χ0) is 28.2. The SMILES string of the molecule is Cc1nc2ccc(-c3ccn4nc(NC5(F)CCCN(C6COC6)C5)nc(NC(O)(O)O)c34)nc2n1CC(F)F. The Labute approximate surface area is 225 Å². The van der Waals surface area contributed by atoms with E-state index in [0.29, 0.717) is 42.2 Å². The molecule has 2 fully saturated rings. The molecule has 6 heterocycles. The van der Waals surface area contributed by atoms with Crippen LogP contribution in [-0.4, -0.2) is 100 Å². The van der Waals surface area contributed by atoms with E-state index in [1.807, 2.05) is 4.90 Å². The number of alkyl halides is 3. The highest BCUT2D eigenvalue weighted by molar-refractivity contribution is 5.89. The number of fused-ring (bicyclic) bond motifs is 2. The first-order chi connectivity index (χ1) is 19.0. The number of hydrogen-bond donors (Lipinski definition) is 5. The molecule has 0 saturated carbocycles. The van der Waals surface area contributed by atoms with Crippen molar-refractivity contribution in [2.45, 2.75) is 50.7 Å². The molecule has 2 aliphatic rings. The zero-order valence-electron chi connectivity index (χ0n) is 21.4. The number of aliphatic hydroxyl groups is 3. The zero-order valence-corrected chi connectivity index (χ0v) is 21.4. The third kappa shape index (κ3) is 5.15. The lowest BCUT2D eigenvalue weighted by atomic mass is 10.0. The van der Waals surface area contributed by atoms with E-state index in [1.165, 1.54) is 15.3 Å². The molecule has 2 saturated heterocycles. The van der Waals surface area contributed by atoms with Crippen molar-refractivity contribution in [3.8, 4) is 11.3 Å². The highest BCUT2D eigenvalue weighted by atomic mass is 19.3. The third-order valence-electron chi connectivity index (χ3n) is 7.12. The van der Waals surface area contributed by atoms with Crippen molar-refractivity contribution in [1.82, 2.24) is 34.0 Å². The van der Waals surface area contributed by atoms with Crippen molar-refractivity contribution >= 4 is 28.4 Å². The van der Waals surface area contributed by atoms with E-state index in [4.69, 9.17) is 4.74 Å². The molecule has 2 aliphatic heterocycles. The van der Waals surface area contributed by atoms with Crippen LogP contribution in [0.25, 0.3) is 27.9 Å². The molecule has 16 heteroatoms. The van der Waals surface area contributed by atoms with Gasteiger partial charge in [-0.3, -0.25) is 10.2 Å². The van der Waals surface area contributed by atoms with Gasteiger partial charge in [-0.25, -0.2) is 27.7 Å². The summed E-state index contributed by atoms with van der Waals surface area (Å²) in [7, 11) is 0. The molecule has 4 aromatic rings. The number of halogens is 3. The summed E-state index contributed by atoms with van der Waals surface area (Å²) in [5.41, 5.74) is 1.54. The number of aryl methyl sites for hydroxylation is 1. The van der Waals surface area contributed by atoms with Gasteiger partial charge in [-0.1, -0.05) is 0 Å². The molecule has 0 spiro atoms. The van der Waals surface area contributed by atoms with Crippen LogP contribution in [0, 0.1) is 6.92 Å². The molecule has 5 N–H and O–H groups in total. The van der Waals surface area contributed by atoms with Gasteiger partial charge in [0.05, 0.1) is 38.0 Å². The van der Waals surface area contributed by atoms with Crippen LogP contribution in [0.2, 0.25) is 0 Å². The van der Waals surface area contributed by atoms with Gasteiger partial charge in [-0.15, -0.1) is 5.10 Å². The van der Waals surface area contributed by atoms with Gasteiger partial charge in [0.1, 0.15) is 16.9 Å². The molecule has 1 unspecified atom stereocenters. The third-order valence-corrected chi connectivity index (χ3v) is 7.12. The first-order valence-electron chi connectivity index (χ1n) is 12.7. The molecule has 0 radical (unpaired) electrons. The van der Waals surface area contributed by atoms with E-state index in [9.17, 15) is 24.1 Å². The number of piperidine rings is 1. The summed E-state index contributed by atoms with van der Waals surface area (Å²) in [6.07, 6.45) is -3.65. The first kappa shape index (κ1) is 26.6. The van der Waals surface area contributed by atoms with Crippen molar-refractivity contribution in [2.75, 3.05) is 36.9 Å². The largest absolute Gasteiger partial charge is 0.378 e. The molecule has 40 heavy (non-hydrogen) atoms. The number of aromatic nitrogens is 6. The maximum absolute atomic E-state index is 15.9. The average Bonchev–Trinajstić information content (AvgIpc) is 3.37. The molecule has 0 aliphatic carbocycles. The van der Waals surface area contributed by atoms with Crippen LogP contribution in [0.15, 0.2) is 24.4 Å². The fourth-order valence-corrected chi connectivity index (χ4v) is 5.24. The van der Waals surface area contributed by atoms with E-state index in [-0.39, 0.29) is 41.9 Å². The lowest BCUT2D eigenvalue weighted by Crippen LogP contribution is -2.58. The Morgan fingerprint density at radius 1 is 1.18 bits per heavy atom. The number of imidazole rings is 1. The van der Waals surface area contributed by atoms with Crippen LogP contribution in [0.3, 0.4) is 0 Å². The molecule has 13 nitrogen and oxygen atoms in total. The second-order valence-corrected chi connectivity index (χ2v) is 10.1. The minimum Gasteiger partial charge on any atom is -0.378 e. The van der Waals surface area contributed by atoms with Gasteiger partial charge in [-0.05, 0) is 38.1 Å². The Balaban J connectivity index is 1.39. The predicted molar refractivity (Wildman–Crippen MR) is 136 cm³/mol. The van der Waals surface area contributed by atoms with Crippen LogP contribution >= 0.6 is 0 Å². The fourth-order valence-electron chi connectivity index (χ4n) is 5.24. The molecule has 0 bridgehead atoms. The van der Waals surface area contributed by atoms with Gasteiger partial charge in [-0.2, -0.15) is 4.98 Å². The molecule has 4 aromatic heterocycles. The molecule has 0 aromatic carbocycles. The van der Waals surface area contributed by atoms with Crippen molar-refractivity contribution < 1.29 is 33.2 Å². The van der Waals surface area contributed by atoms with Crippen molar-refractivity contribution in [3.05, 3.63) is 30.2 Å². The van der Waals surface area contributed by atoms with E-state index in [0.717, 1.165) is 6.54 Å². The summed E-state index contributed by atoms with van der Waals surface area (Å²) in [4.78, 5) is 15.1. The quantitative estimate of drug-likeness (QED) is 0.155. The summed E-state index contributed by atoms with van der Waals surface area (Å²) >= 11 is 0. The summed E-state index contributed by atoms with van der Waals surface area (Å²) in [6, 6.07) is 5.00. The van der Waals surface area contributed by atoms with Crippen LogP contribution < -0.4 is 10.6 Å². The first-order valence-corrected chi connectivity index (χ1v) is 12.7. The lowest BCUT2D eigenvalue weighted by Gasteiger charge is -2.44. The van der Waals surface area contributed by atoms with Gasteiger partial charge in [0, 0.05) is 18.2 Å². The Bertz CT molecular complexity index is 1550. The topological polar surface area (TPSA) is 158 Å². The van der Waals surface area contributed by atoms with Crippen LogP contribution in [0.5, 0.6) is 0 Å². The minimum absolute atomic E-state index is 0.0850. The number of hydrogen-bond acceptors (Lipinski definition) is 11. The summed E-state index contributed by atoms with van der Waals surface area (Å²) in [5, 5.41) is 38.3. The minimum atomic E-state index is -3.36. The van der Waals surface area contributed by atoms with Crippen molar-refractivity contribution in [1.29, 1.82) is 0 Å². The molecule has 1 atom stereocenters. The second-order valence-electron chi connectivity index (χ2n) is 10.1. The second kappa shape index (κ2) is 9.81. The smallest absolute Gasteiger partial charge is 0.368 e. The Hall–Kier alpha value is -3.57. The van der Waals surface area contributed by atoms with E-state index in [2.05, 4.69) is 30.7 Å². The lowest BCUT2D eigenvalue weighted by molar-refractivity contribution is -0.289. The van der Waals surface area contributed by atoms with Crippen LogP contribution in [-0.2, 0) is 11.3 Å². The number of anilines is 2. The van der Waals surface area contributed by atoms with E-state index >= 15 is 4.39 Å². The number of nitrogens with zero attached hydrogens (tertiary/aromatic N) is 7. The summed E-state index contributed by atoms with van der Waals surface area (Å²) in [6.45, 7) is 2.94. The Morgan fingerprint density at radius 2 is 1.98 bits per heavy atom. The number of likely N-dealkylation sites (tertiary alicyclic amines) is 1. The maximum Gasteiger partial charge on any atom is 0.368 e. The summed E-state index contributed by atoms with van der Waals surface area (Å²) in [5.74, 6) is -1.89. The average molecular weight is 564 g/mol. The normalized spacial score (nSPS) is 20.9. The van der Waals surface area contributed by atoms with Gasteiger partial charge < -0.3 is 29.9 Å². The highest BCUT2D eigenvalue weighted by Crippen LogP contribution is 2.33. The van der Waals surface area contributed by atoms with E-state index < -0.39 is 24.9 Å². The maximum atomic E-state index is 15.9. The molecular formula is C24H28F3N9O4. The number of ether oxygens (including phenoxy) is 1. The predicted octanol–water partition coefficient (Wildman–Crippen LogP) is 1.29. The van der Waals surface area contributed by atoms with E-state index in [1.54, 1.807) is 25.1 Å². The van der Waals surface area contributed by atoms with Gasteiger partial charge >= 0.3 is 6.10 Å². The summed E-state index contributed by atoms with van der Waals surface area (Å²) < 4.78 is 50.2. The molecular weight excluding hydrogens is 535 g/mol. The Kier molecular flexibility index (Phi) is 6.53. The van der Waals surface area contributed by atoms with Gasteiger partial charge in [0.25, 0.3) is 6.43 Å². The molecule has 214 valence electrons. The fraction of sp³-hybridized carbons (Fsp3) is 0.500. The number of rotatable bonds is 8. The number of nitrogens with one attached hydrogen (secondary N) is 2.